The summed E-state index contributed by atoms with van der Waals surface area (Å²) in [6.45, 7) is 3.80. The maximum atomic E-state index is 13.5. The number of hydrogen-bond donors (Lipinski definition) is 1. The first-order valence-electron chi connectivity index (χ1n) is 5.75. The van der Waals surface area contributed by atoms with E-state index in [2.05, 4.69) is 11.2 Å². The molecule has 0 bridgehead atoms. The zero-order chi connectivity index (χ0) is 12.8. The van der Waals surface area contributed by atoms with E-state index >= 15 is 0 Å². The van der Waals surface area contributed by atoms with Crippen molar-refractivity contribution in [2.24, 2.45) is 0 Å². The summed E-state index contributed by atoms with van der Waals surface area (Å²) in [5, 5.41) is 3.11. The molecule has 1 N–H and O–H groups in total. The van der Waals surface area contributed by atoms with E-state index in [1.165, 1.54) is 6.07 Å². The molecule has 0 spiro atoms. The predicted molar refractivity (Wildman–Crippen MR) is 65.4 cm³/mol. The monoisotopic (exact) mass is 237 g/mol. The van der Waals surface area contributed by atoms with Crippen LogP contribution >= 0.6 is 0 Å². The summed E-state index contributed by atoms with van der Waals surface area (Å²) in [6.07, 6.45) is 7.13. The fraction of sp³-hybridized carbons (Fsp3) is 0.429. The lowest BCUT2D eigenvalue weighted by molar-refractivity contribution is 0.472. The summed E-state index contributed by atoms with van der Waals surface area (Å²) < 4.78 is 26.5. The SMILES string of the molecule is C#CC(CCC)NC(C)c1cc(F)ccc1F. The Morgan fingerprint density at radius 1 is 1.41 bits per heavy atom. The highest BCUT2D eigenvalue weighted by Gasteiger charge is 2.14. The topological polar surface area (TPSA) is 12.0 Å². The predicted octanol–water partition coefficient (Wildman–Crippen LogP) is 3.42. The quantitative estimate of drug-likeness (QED) is 0.774. The molecule has 0 fully saturated rings. The van der Waals surface area contributed by atoms with Gasteiger partial charge >= 0.3 is 0 Å². The highest BCUT2D eigenvalue weighted by Crippen LogP contribution is 2.18. The molecule has 1 aromatic carbocycles. The molecular formula is C14H17F2N. The fourth-order valence-corrected chi connectivity index (χ4v) is 1.74. The molecule has 0 aliphatic heterocycles. The molecule has 0 heterocycles. The maximum Gasteiger partial charge on any atom is 0.128 e. The Kier molecular flexibility index (Phi) is 5.11. The van der Waals surface area contributed by atoms with Crippen LogP contribution in [0.5, 0.6) is 0 Å². The van der Waals surface area contributed by atoms with Crippen molar-refractivity contribution in [2.75, 3.05) is 0 Å². The Balaban J connectivity index is 2.78. The van der Waals surface area contributed by atoms with Crippen LogP contribution in [0.15, 0.2) is 18.2 Å². The largest absolute Gasteiger partial charge is 0.297 e. The van der Waals surface area contributed by atoms with Crippen molar-refractivity contribution in [3.63, 3.8) is 0 Å². The van der Waals surface area contributed by atoms with Gasteiger partial charge in [0.2, 0.25) is 0 Å². The van der Waals surface area contributed by atoms with Gasteiger partial charge in [0, 0.05) is 11.6 Å². The van der Waals surface area contributed by atoms with Gasteiger partial charge in [-0.1, -0.05) is 19.3 Å². The van der Waals surface area contributed by atoms with E-state index in [4.69, 9.17) is 6.42 Å². The molecule has 0 saturated carbocycles. The second-order valence-corrected chi connectivity index (χ2v) is 4.06. The fourth-order valence-electron chi connectivity index (χ4n) is 1.74. The summed E-state index contributed by atoms with van der Waals surface area (Å²) in [7, 11) is 0. The van der Waals surface area contributed by atoms with Crippen LogP contribution in [0.1, 0.15) is 38.3 Å². The molecule has 0 amide bonds. The van der Waals surface area contributed by atoms with Gasteiger partial charge in [0.15, 0.2) is 0 Å². The standard InChI is InChI=1S/C14H17F2N/c1-4-6-12(5-2)17-10(3)13-9-11(15)7-8-14(13)16/h2,7-10,12,17H,4,6H2,1,3H3. The van der Waals surface area contributed by atoms with Crippen LogP contribution in [0.3, 0.4) is 0 Å². The first-order valence-corrected chi connectivity index (χ1v) is 5.75. The van der Waals surface area contributed by atoms with Crippen molar-refractivity contribution in [3.8, 4) is 12.3 Å². The zero-order valence-corrected chi connectivity index (χ0v) is 10.1. The first kappa shape index (κ1) is 13.7. The minimum atomic E-state index is -0.442. The lowest BCUT2D eigenvalue weighted by Crippen LogP contribution is -2.30. The maximum absolute atomic E-state index is 13.5. The summed E-state index contributed by atoms with van der Waals surface area (Å²) in [5.74, 6) is 1.75. The van der Waals surface area contributed by atoms with E-state index in [9.17, 15) is 8.78 Å². The molecule has 0 radical (unpaired) electrons. The number of terminal acetylenes is 1. The zero-order valence-electron chi connectivity index (χ0n) is 10.1. The van der Waals surface area contributed by atoms with Crippen molar-refractivity contribution in [1.82, 2.24) is 5.32 Å². The summed E-state index contributed by atoms with van der Waals surface area (Å²) in [5.41, 5.74) is 0.307. The van der Waals surface area contributed by atoms with Crippen LogP contribution in [0.2, 0.25) is 0 Å². The average molecular weight is 237 g/mol. The highest BCUT2D eigenvalue weighted by atomic mass is 19.1. The van der Waals surface area contributed by atoms with Crippen molar-refractivity contribution < 1.29 is 8.78 Å². The number of nitrogens with one attached hydrogen (secondary N) is 1. The lowest BCUT2D eigenvalue weighted by Gasteiger charge is -2.19. The smallest absolute Gasteiger partial charge is 0.128 e. The third-order valence-electron chi connectivity index (χ3n) is 2.65. The number of rotatable bonds is 5. The Hall–Kier alpha value is -1.40. The van der Waals surface area contributed by atoms with Crippen LogP contribution in [0.4, 0.5) is 8.78 Å². The second-order valence-electron chi connectivity index (χ2n) is 4.06. The van der Waals surface area contributed by atoms with Gasteiger partial charge in [-0.05, 0) is 31.5 Å². The Morgan fingerprint density at radius 2 is 2.12 bits per heavy atom. The van der Waals surface area contributed by atoms with E-state index in [-0.39, 0.29) is 12.1 Å². The molecule has 3 heteroatoms. The van der Waals surface area contributed by atoms with Crippen LogP contribution in [0, 0.1) is 24.0 Å². The highest BCUT2D eigenvalue weighted by molar-refractivity contribution is 5.22. The van der Waals surface area contributed by atoms with Gasteiger partial charge in [-0.3, -0.25) is 5.32 Å². The molecule has 0 aliphatic carbocycles. The first-order chi connectivity index (χ1) is 8.08. The molecule has 2 atom stereocenters. The molecule has 92 valence electrons. The minimum Gasteiger partial charge on any atom is -0.297 e. The van der Waals surface area contributed by atoms with Gasteiger partial charge in [-0.25, -0.2) is 8.78 Å². The third kappa shape index (κ3) is 3.83. The van der Waals surface area contributed by atoms with Gasteiger partial charge in [0.25, 0.3) is 0 Å². The van der Waals surface area contributed by atoms with E-state index in [1.54, 1.807) is 6.92 Å². The Bertz CT molecular complexity index is 409. The molecule has 1 nitrogen and oxygen atoms in total. The molecule has 1 aromatic rings. The molecular weight excluding hydrogens is 220 g/mol. The van der Waals surface area contributed by atoms with Crippen LogP contribution in [0.25, 0.3) is 0 Å². The van der Waals surface area contributed by atoms with Crippen LogP contribution in [-0.4, -0.2) is 6.04 Å². The van der Waals surface area contributed by atoms with Crippen molar-refractivity contribution in [2.45, 2.75) is 38.8 Å². The van der Waals surface area contributed by atoms with Gasteiger partial charge < -0.3 is 0 Å². The Labute approximate surface area is 101 Å². The van der Waals surface area contributed by atoms with Crippen LogP contribution in [-0.2, 0) is 0 Å². The summed E-state index contributed by atoms with van der Waals surface area (Å²) in [6, 6.07) is 3.02. The van der Waals surface area contributed by atoms with Gasteiger partial charge in [0.05, 0.1) is 6.04 Å². The van der Waals surface area contributed by atoms with E-state index in [1.807, 2.05) is 6.92 Å². The van der Waals surface area contributed by atoms with Gasteiger partial charge in [-0.2, -0.15) is 0 Å². The molecule has 2 unspecified atom stereocenters. The van der Waals surface area contributed by atoms with Crippen LogP contribution < -0.4 is 5.32 Å². The van der Waals surface area contributed by atoms with Crippen molar-refractivity contribution >= 4 is 0 Å². The normalized spacial score (nSPS) is 14.1. The van der Waals surface area contributed by atoms with E-state index in [0.29, 0.717) is 5.56 Å². The van der Waals surface area contributed by atoms with Gasteiger partial charge in [0.1, 0.15) is 11.6 Å². The number of hydrogen-bond acceptors (Lipinski definition) is 1. The van der Waals surface area contributed by atoms with E-state index < -0.39 is 11.6 Å². The lowest BCUT2D eigenvalue weighted by atomic mass is 10.1. The van der Waals surface area contributed by atoms with Gasteiger partial charge in [-0.15, -0.1) is 6.42 Å². The van der Waals surface area contributed by atoms with Crippen molar-refractivity contribution in [3.05, 3.63) is 35.4 Å². The second kappa shape index (κ2) is 6.36. The summed E-state index contributed by atoms with van der Waals surface area (Å²) in [4.78, 5) is 0. The van der Waals surface area contributed by atoms with E-state index in [0.717, 1.165) is 25.0 Å². The van der Waals surface area contributed by atoms with Crippen molar-refractivity contribution in [1.29, 1.82) is 0 Å². The molecule has 1 rings (SSSR count). The minimum absolute atomic E-state index is 0.113. The average Bonchev–Trinajstić information content (AvgIpc) is 2.31. The molecule has 0 aliphatic rings. The number of halogens is 2. The molecule has 17 heavy (non-hydrogen) atoms. The molecule has 0 saturated heterocycles. The number of benzene rings is 1. The third-order valence-corrected chi connectivity index (χ3v) is 2.65. The summed E-state index contributed by atoms with van der Waals surface area (Å²) >= 11 is 0. The Morgan fingerprint density at radius 3 is 2.71 bits per heavy atom. The molecule has 0 aromatic heterocycles.